The molecule has 0 aromatic carbocycles. The Hall–Kier alpha value is -0.280. The van der Waals surface area contributed by atoms with E-state index in [-0.39, 0.29) is 24.4 Å². The monoisotopic (exact) mass is 235 g/mol. The Balaban J connectivity index is 0.00000196. The van der Waals surface area contributed by atoms with E-state index in [4.69, 9.17) is 5.73 Å². The standard InChI is InChI=1S/C11H21NO2.ClH/c1-14-11(13)8-10(12)7-9-5-3-2-4-6-9;/h9-10H,2-8,12H2,1H3;1H/t10-;/m1./s1. The number of methoxy groups -OCH3 is 1. The first-order valence-electron chi connectivity index (χ1n) is 5.54. The maximum absolute atomic E-state index is 11.0. The van der Waals surface area contributed by atoms with Crippen molar-refractivity contribution >= 4 is 18.4 Å². The van der Waals surface area contributed by atoms with Crippen LogP contribution in [0.3, 0.4) is 0 Å². The van der Waals surface area contributed by atoms with Gasteiger partial charge in [0.25, 0.3) is 0 Å². The minimum absolute atomic E-state index is 0. The highest BCUT2D eigenvalue weighted by Gasteiger charge is 2.18. The summed E-state index contributed by atoms with van der Waals surface area (Å²) in [6.45, 7) is 0. The van der Waals surface area contributed by atoms with Gasteiger partial charge in [-0.05, 0) is 12.3 Å². The van der Waals surface area contributed by atoms with Crippen LogP contribution in [0, 0.1) is 5.92 Å². The SMILES string of the molecule is COC(=O)C[C@H](N)CC1CCCCC1.Cl. The number of carbonyl (C=O) groups excluding carboxylic acids is 1. The van der Waals surface area contributed by atoms with E-state index in [1.807, 2.05) is 0 Å². The van der Waals surface area contributed by atoms with Crippen molar-refractivity contribution in [2.24, 2.45) is 11.7 Å². The zero-order chi connectivity index (χ0) is 10.4. The van der Waals surface area contributed by atoms with Gasteiger partial charge in [0.2, 0.25) is 0 Å². The summed E-state index contributed by atoms with van der Waals surface area (Å²) in [5, 5.41) is 0. The Bertz CT molecular complexity index is 181. The second-order valence-electron chi connectivity index (χ2n) is 4.28. The molecule has 4 heteroatoms. The third kappa shape index (κ3) is 6.00. The molecule has 0 aromatic heterocycles. The van der Waals surface area contributed by atoms with Gasteiger partial charge < -0.3 is 10.5 Å². The first-order chi connectivity index (χ1) is 6.72. The first kappa shape index (κ1) is 14.7. The molecular weight excluding hydrogens is 214 g/mol. The lowest BCUT2D eigenvalue weighted by Crippen LogP contribution is -2.28. The number of rotatable bonds is 4. The number of hydrogen-bond donors (Lipinski definition) is 1. The van der Waals surface area contributed by atoms with E-state index in [1.54, 1.807) is 0 Å². The summed E-state index contributed by atoms with van der Waals surface area (Å²) in [6.07, 6.45) is 7.94. The maximum Gasteiger partial charge on any atom is 0.307 e. The lowest BCUT2D eigenvalue weighted by atomic mass is 9.84. The van der Waals surface area contributed by atoms with Crippen LogP contribution in [0.15, 0.2) is 0 Å². The fraction of sp³-hybridized carbons (Fsp3) is 0.909. The van der Waals surface area contributed by atoms with Gasteiger partial charge in [0.1, 0.15) is 0 Å². The predicted molar refractivity (Wildman–Crippen MR) is 63.0 cm³/mol. The fourth-order valence-corrected chi connectivity index (χ4v) is 2.23. The van der Waals surface area contributed by atoms with Gasteiger partial charge in [-0.15, -0.1) is 12.4 Å². The molecule has 90 valence electrons. The molecule has 0 aliphatic heterocycles. The molecular formula is C11H22ClNO2. The van der Waals surface area contributed by atoms with Crippen LogP contribution in [0.1, 0.15) is 44.9 Å². The molecule has 3 nitrogen and oxygen atoms in total. The number of hydrogen-bond acceptors (Lipinski definition) is 3. The predicted octanol–water partition coefficient (Wildman–Crippen LogP) is 2.27. The quantitative estimate of drug-likeness (QED) is 0.761. The average molecular weight is 236 g/mol. The Labute approximate surface area is 98.2 Å². The van der Waals surface area contributed by atoms with Crippen LogP contribution in [-0.2, 0) is 9.53 Å². The number of ether oxygens (including phenoxy) is 1. The van der Waals surface area contributed by atoms with Gasteiger partial charge >= 0.3 is 5.97 Å². The molecule has 1 rings (SSSR count). The Kier molecular flexibility index (Phi) is 7.79. The van der Waals surface area contributed by atoms with E-state index >= 15 is 0 Å². The fourth-order valence-electron chi connectivity index (χ4n) is 2.23. The topological polar surface area (TPSA) is 52.3 Å². The van der Waals surface area contributed by atoms with Gasteiger partial charge in [-0.1, -0.05) is 32.1 Å². The van der Waals surface area contributed by atoms with Gasteiger partial charge in [0.15, 0.2) is 0 Å². The van der Waals surface area contributed by atoms with Crippen molar-refractivity contribution in [2.75, 3.05) is 7.11 Å². The largest absolute Gasteiger partial charge is 0.469 e. The van der Waals surface area contributed by atoms with Gasteiger partial charge in [0.05, 0.1) is 13.5 Å². The molecule has 0 radical (unpaired) electrons. The maximum atomic E-state index is 11.0. The van der Waals surface area contributed by atoms with Gasteiger partial charge in [-0.25, -0.2) is 0 Å². The van der Waals surface area contributed by atoms with E-state index in [1.165, 1.54) is 39.2 Å². The molecule has 0 unspecified atom stereocenters. The molecule has 1 atom stereocenters. The van der Waals surface area contributed by atoms with Crippen LogP contribution in [0.25, 0.3) is 0 Å². The highest BCUT2D eigenvalue weighted by molar-refractivity contribution is 5.85. The van der Waals surface area contributed by atoms with E-state index < -0.39 is 0 Å². The highest BCUT2D eigenvalue weighted by atomic mass is 35.5. The highest BCUT2D eigenvalue weighted by Crippen LogP contribution is 2.27. The van der Waals surface area contributed by atoms with Gasteiger partial charge in [-0.2, -0.15) is 0 Å². The molecule has 0 heterocycles. The van der Waals surface area contributed by atoms with E-state index in [0.717, 1.165) is 12.3 Å². The Morgan fingerprint density at radius 2 is 2.00 bits per heavy atom. The summed E-state index contributed by atoms with van der Waals surface area (Å²) in [5.41, 5.74) is 5.88. The van der Waals surface area contributed by atoms with Crippen LogP contribution in [0.5, 0.6) is 0 Å². The molecule has 0 spiro atoms. The third-order valence-corrected chi connectivity index (χ3v) is 3.02. The van der Waals surface area contributed by atoms with Crippen LogP contribution < -0.4 is 5.73 Å². The lowest BCUT2D eigenvalue weighted by Gasteiger charge is -2.23. The van der Waals surface area contributed by atoms with Crippen LogP contribution in [0.2, 0.25) is 0 Å². The molecule has 0 aromatic rings. The summed E-state index contributed by atoms with van der Waals surface area (Å²) in [6, 6.07) is -0.00875. The second-order valence-corrected chi connectivity index (χ2v) is 4.28. The minimum Gasteiger partial charge on any atom is -0.469 e. The number of nitrogens with two attached hydrogens (primary N) is 1. The zero-order valence-corrected chi connectivity index (χ0v) is 10.2. The van der Waals surface area contributed by atoms with Crippen LogP contribution in [-0.4, -0.2) is 19.1 Å². The molecule has 0 saturated heterocycles. The molecule has 2 N–H and O–H groups in total. The van der Waals surface area contributed by atoms with Gasteiger partial charge in [0, 0.05) is 6.04 Å². The van der Waals surface area contributed by atoms with E-state index in [0.29, 0.717) is 6.42 Å². The summed E-state index contributed by atoms with van der Waals surface area (Å²) < 4.78 is 4.59. The van der Waals surface area contributed by atoms with Gasteiger partial charge in [-0.3, -0.25) is 4.79 Å². The second kappa shape index (κ2) is 7.94. The van der Waals surface area contributed by atoms with E-state index in [9.17, 15) is 4.79 Å². The summed E-state index contributed by atoms with van der Waals surface area (Å²) >= 11 is 0. The minimum atomic E-state index is -0.187. The van der Waals surface area contributed by atoms with Crippen molar-refractivity contribution in [3.8, 4) is 0 Å². The molecule has 1 saturated carbocycles. The Morgan fingerprint density at radius 3 is 2.53 bits per heavy atom. The number of halogens is 1. The average Bonchev–Trinajstić information content (AvgIpc) is 2.19. The van der Waals surface area contributed by atoms with Crippen molar-refractivity contribution in [2.45, 2.75) is 51.0 Å². The Morgan fingerprint density at radius 1 is 1.40 bits per heavy atom. The third-order valence-electron chi connectivity index (χ3n) is 3.02. The molecule has 0 bridgehead atoms. The summed E-state index contributed by atoms with van der Waals surface area (Å²) in [7, 11) is 1.41. The lowest BCUT2D eigenvalue weighted by molar-refractivity contribution is -0.141. The van der Waals surface area contributed by atoms with Crippen molar-refractivity contribution in [3.05, 3.63) is 0 Å². The first-order valence-corrected chi connectivity index (χ1v) is 5.54. The van der Waals surface area contributed by atoms with Crippen LogP contribution in [0.4, 0.5) is 0 Å². The van der Waals surface area contributed by atoms with Crippen molar-refractivity contribution < 1.29 is 9.53 Å². The number of esters is 1. The molecule has 1 aliphatic carbocycles. The van der Waals surface area contributed by atoms with E-state index in [2.05, 4.69) is 4.74 Å². The zero-order valence-electron chi connectivity index (χ0n) is 9.41. The smallest absolute Gasteiger partial charge is 0.307 e. The molecule has 1 fully saturated rings. The van der Waals surface area contributed by atoms with Crippen molar-refractivity contribution in [3.63, 3.8) is 0 Å². The normalized spacial score (nSPS) is 19.1. The van der Waals surface area contributed by atoms with Crippen LogP contribution >= 0.6 is 12.4 Å². The summed E-state index contributed by atoms with van der Waals surface area (Å²) in [4.78, 5) is 11.0. The molecule has 15 heavy (non-hydrogen) atoms. The molecule has 1 aliphatic rings. The summed E-state index contributed by atoms with van der Waals surface area (Å²) in [5.74, 6) is 0.553. The van der Waals surface area contributed by atoms with Crippen molar-refractivity contribution in [1.29, 1.82) is 0 Å². The molecule has 0 amide bonds. The number of carbonyl (C=O) groups is 1. The van der Waals surface area contributed by atoms with Crippen molar-refractivity contribution in [1.82, 2.24) is 0 Å².